The van der Waals surface area contributed by atoms with Gasteiger partial charge in [0, 0.05) is 23.4 Å². The minimum absolute atomic E-state index is 0.522. The quantitative estimate of drug-likeness (QED) is 0.686. The standard InChI is InChI=1S/C10H11BN2O3S/c1-13-2-3-16-10-9(13)6-4-8(11(14)15)17-7(6)5-12-10/h4-5,14-15H,2-3H2,1H3. The zero-order valence-electron chi connectivity index (χ0n) is 9.25. The predicted octanol–water partition coefficient (Wildman–Crippen LogP) is -0.195. The summed E-state index contributed by atoms with van der Waals surface area (Å²) in [5, 5.41) is 19.4. The second kappa shape index (κ2) is 3.87. The van der Waals surface area contributed by atoms with Crippen LogP contribution < -0.4 is 14.4 Å². The van der Waals surface area contributed by atoms with Crippen molar-refractivity contribution < 1.29 is 14.8 Å². The molecule has 1 aliphatic rings. The van der Waals surface area contributed by atoms with Gasteiger partial charge in [0.15, 0.2) is 0 Å². The molecule has 0 bridgehead atoms. The maximum Gasteiger partial charge on any atom is 0.499 e. The zero-order valence-corrected chi connectivity index (χ0v) is 10.1. The van der Waals surface area contributed by atoms with E-state index in [1.54, 1.807) is 12.3 Å². The molecule has 0 aromatic carbocycles. The number of ether oxygens (including phenoxy) is 1. The summed E-state index contributed by atoms with van der Waals surface area (Å²) in [6.45, 7) is 1.43. The van der Waals surface area contributed by atoms with E-state index < -0.39 is 7.12 Å². The average Bonchev–Trinajstić information content (AvgIpc) is 2.73. The molecule has 0 amide bonds. The van der Waals surface area contributed by atoms with Crippen molar-refractivity contribution in [2.24, 2.45) is 0 Å². The van der Waals surface area contributed by atoms with Crippen molar-refractivity contribution >= 4 is 39.0 Å². The summed E-state index contributed by atoms with van der Waals surface area (Å²) in [6.07, 6.45) is 1.71. The van der Waals surface area contributed by atoms with Crippen LogP contribution in [0.1, 0.15) is 0 Å². The molecule has 0 atom stereocenters. The van der Waals surface area contributed by atoms with Crippen molar-refractivity contribution in [1.82, 2.24) is 4.98 Å². The largest absolute Gasteiger partial charge is 0.499 e. The highest BCUT2D eigenvalue weighted by atomic mass is 32.1. The molecule has 88 valence electrons. The van der Waals surface area contributed by atoms with Gasteiger partial charge in [-0.1, -0.05) is 0 Å². The van der Waals surface area contributed by atoms with Crippen LogP contribution in [0.3, 0.4) is 0 Å². The molecule has 0 spiro atoms. The van der Waals surface area contributed by atoms with Gasteiger partial charge < -0.3 is 19.7 Å². The molecule has 2 N–H and O–H groups in total. The summed E-state index contributed by atoms with van der Waals surface area (Å²) in [7, 11) is 0.549. The minimum Gasteiger partial charge on any atom is -0.474 e. The van der Waals surface area contributed by atoms with Gasteiger partial charge in [-0.2, -0.15) is 0 Å². The van der Waals surface area contributed by atoms with Gasteiger partial charge in [-0.05, 0) is 6.07 Å². The highest BCUT2D eigenvalue weighted by Gasteiger charge is 2.23. The van der Waals surface area contributed by atoms with Gasteiger partial charge in [0.05, 0.1) is 11.2 Å². The van der Waals surface area contributed by atoms with Crippen LogP contribution in [0.25, 0.3) is 10.1 Å². The fourth-order valence-electron chi connectivity index (χ4n) is 1.99. The molecule has 2 aromatic rings. The zero-order chi connectivity index (χ0) is 12.0. The molecule has 0 radical (unpaired) electrons. The van der Waals surface area contributed by atoms with Crippen molar-refractivity contribution in [3.63, 3.8) is 0 Å². The lowest BCUT2D eigenvalue weighted by Gasteiger charge is -2.27. The lowest BCUT2D eigenvalue weighted by Crippen LogP contribution is -2.29. The van der Waals surface area contributed by atoms with Crippen LogP contribution in [0.4, 0.5) is 5.69 Å². The molecule has 5 nitrogen and oxygen atoms in total. The van der Waals surface area contributed by atoms with Crippen LogP contribution in [0, 0.1) is 0 Å². The Kier molecular flexibility index (Phi) is 2.46. The molecule has 0 aliphatic carbocycles. The van der Waals surface area contributed by atoms with Crippen LogP contribution >= 0.6 is 11.3 Å². The summed E-state index contributed by atoms with van der Waals surface area (Å²) in [5.74, 6) is 0.614. The van der Waals surface area contributed by atoms with E-state index in [1.807, 2.05) is 7.05 Å². The fourth-order valence-corrected chi connectivity index (χ4v) is 2.90. The van der Waals surface area contributed by atoms with Gasteiger partial charge >= 0.3 is 7.12 Å². The topological polar surface area (TPSA) is 65.8 Å². The van der Waals surface area contributed by atoms with Crippen LogP contribution in [0.15, 0.2) is 12.3 Å². The molecular weight excluding hydrogens is 239 g/mol. The molecule has 0 saturated heterocycles. The van der Waals surface area contributed by atoms with E-state index in [9.17, 15) is 10.0 Å². The number of fused-ring (bicyclic) bond motifs is 3. The maximum atomic E-state index is 9.20. The number of hydrogen-bond acceptors (Lipinski definition) is 6. The van der Waals surface area contributed by atoms with Crippen molar-refractivity contribution in [3.8, 4) is 5.88 Å². The summed E-state index contributed by atoms with van der Waals surface area (Å²) >= 11 is 1.34. The van der Waals surface area contributed by atoms with Gasteiger partial charge in [-0.3, -0.25) is 0 Å². The molecule has 2 aromatic heterocycles. The molecule has 1 aliphatic heterocycles. The molecular formula is C10H11BN2O3S. The lowest BCUT2D eigenvalue weighted by molar-refractivity contribution is 0.300. The summed E-state index contributed by atoms with van der Waals surface area (Å²) in [4.78, 5) is 6.33. The van der Waals surface area contributed by atoms with E-state index in [0.717, 1.165) is 22.3 Å². The molecule has 7 heteroatoms. The summed E-state index contributed by atoms with van der Waals surface area (Å²) in [6, 6.07) is 1.79. The van der Waals surface area contributed by atoms with E-state index in [2.05, 4.69) is 9.88 Å². The first-order chi connectivity index (χ1) is 8.16. The Balaban J connectivity index is 2.25. The Morgan fingerprint density at radius 3 is 3.12 bits per heavy atom. The van der Waals surface area contributed by atoms with Crippen LogP contribution in [0.5, 0.6) is 5.88 Å². The first kappa shape index (κ1) is 10.8. The lowest BCUT2D eigenvalue weighted by atomic mass is 9.89. The second-order valence-electron chi connectivity index (χ2n) is 3.98. The molecule has 3 heterocycles. The molecule has 0 unspecified atom stereocenters. The predicted molar refractivity (Wildman–Crippen MR) is 68.2 cm³/mol. The Morgan fingerprint density at radius 1 is 1.53 bits per heavy atom. The van der Waals surface area contributed by atoms with Crippen molar-refractivity contribution in [3.05, 3.63) is 12.3 Å². The Bertz CT molecular complexity index is 572. The van der Waals surface area contributed by atoms with Crippen LogP contribution in [0.2, 0.25) is 0 Å². The van der Waals surface area contributed by atoms with Gasteiger partial charge in [0.25, 0.3) is 0 Å². The number of hydrogen-bond donors (Lipinski definition) is 2. The highest BCUT2D eigenvalue weighted by molar-refractivity contribution is 7.28. The smallest absolute Gasteiger partial charge is 0.474 e. The van der Waals surface area contributed by atoms with Gasteiger partial charge in [-0.25, -0.2) is 4.98 Å². The van der Waals surface area contributed by atoms with Gasteiger partial charge in [0.2, 0.25) is 5.88 Å². The normalized spacial score (nSPS) is 14.6. The van der Waals surface area contributed by atoms with Crippen molar-refractivity contribution in [2.75, 3.05) is 25.1 Å². The number of anilines is 1. The van der Waals surface area contributed by atoms with E-state index in [1.165, 1.54) is 11.3 Å². The summed E-state index contributed by atoms with van der Waals surface area (Å²) < 4.78 is 6.96. The number of likely N-dealkylation sites (N-methyl/N-ethyl adjacent to an activating group) is 1. The molecule has 3 rings (SSSR count). The van der Waals surface area contributed by atoms with E-state index in [4.69, 9.17) is 4.74 Å². The molecule has 0 fully saturated rings. The highest BCUT2D eigenvalue weighted by Crippen LogP contribution is 2.37. The Hall–Kier alpha value is -1.31. The average molecular weight is 250 g/mol. The first-order valence-electron chi connectivity index (χ1n) is 5.29. The third-order valence-corrected chi connectivity index (χ3v) is 3.95. The van der Waals surface area contributed by atoms with E-state index >= 15 is 0 Å². The van der Waals surface area contributed by atoms with Crippen LogP contribution in [-0.2, 0) is 0 Å². The van der Waals surface area contributed by atoms with E-state index in [0.29, 0.717) is 17.3 Å². The van der Waals surface area contributed by atoms with Gasteiger partial charge in [0.1, 0.15) is 12.3 Å². The monoisotopic (exact) mass is 250 g/mol. The van der Waals surface area contributed by atoms with Crippen molar-refractivity contribution in [1.29, 1.82) is 0 Å². The first-order valence-corrected chi connectivity index (χ1v) is 6.11. The fraction of sp³-hybridized carbons (Fsp3) is 0.300. The Morgan fingerprint density at radius 2 is 2.35 bits per heavy atom. The number of nitrogens with zero attached hydrogens (tertiary/aromatic N) is 2. The third-order valence-electron chi connectivity index (χ3n) is 2.84. The Labute approximate surface area is 102 Å². The SMILES string of the molecule is CN1CCOc2ncc3sc(B(O)O)cc3c21. The number of rotatable bonds is 1. The van der Waals surface area contributed by atoms with Crippen molar-refractivity contribution in [2.45, 2.75) is 0 Å². The maximum absolute atomic E-state index is 9.20. The number of aromatic nitrogens is 1. The van der Waals surface area contributed by atoms with E-state index in [-0.39, 0.29) is 0 Å². The molecule has 0 saturated carbocycles. The second-order valence-corrected chi connectivity index (χ2v) is 5.10. The number of thiophene rings is 1. The van der Waals surface area contributed by atoms with Gasteiger partial charge in [-0.15, -0.1) is 11.3 Å². The molecule has 17 heavy (non-hydrogen) atoms. The minimum atomic E-state index is -1.43. The summed E-state index contributed by atoms with van der Waals surface area (Å²) in [5.41, 5.74) is 0.928. The number of pyridine rings is 1. The van der Waals surface area contributed by atoms with Crippen LogP contribution in [-0.4, -0.2) is 42.3 Å². The third kappa shape index (κ3) is 1.67.